The zero-order valence-electron chi connectivity index (χ0n) is 13.5. The van der Waals surface area contributed by atoms with Crippen molar-refractivity contribution in [1.82, 2.24) is 0 Å². The van der Waals surface area contributed by atoms with Crippen LogP contribution in [0.25, 0.3) is 11.1 Å². The van der Waals surface area contributed by atoms with Gasteiger partial charge in [0.15, 0.2) is 0 Å². The molecule has 0 fully saturated rings. The van der Waals surface area contributed by atoms with E-state index in [1.54, 1.807) is 0 Å². The molecule has 0 bridgehead atoms. The smallest absolute Gasteiger partial charge is 0.119 e. The Morgan fingerprint density at radius 3 is 2.65 bits per heavy atom. The van der Waals surface area contributed by atoms with Gasteiger partial charge in [-0.2, -0.15) is 0 Å². The molecule has 4 nitrogen and oxygen atoms in total. The fourth-order valence-corrected chi connectivity index (χ4v) is 2.16. The summed E-state index contributed by atoms with van der Waals surface area (Å²) < 4.78 is 5.69. The Labute approximate surface area is 137 Å². The van der Waals surface area contributed by atoms with Gasteiger partial charge in [0.2, 0.25) is 0 Å². The second-order valence-corrected chi connectivity index (χ2v) is 5.18. The maximum atomic E-state index is 5.69. The van der Waals surface area contributed by atoms with Gasteiger partial charge < -0.3 is 10.5 Å². The maximum absolute atomic E-state index is 5.69. The molecule has 0 spiro atoms. The molecular formula is C19H23N3O. The first-order valence-electron chi connectivity index (χ1n) is 7.87. The van der Waals surface area contributed by atoms with Crippen molar-refractivity contribution in [3.8, 4) is 16.9 Å². The van der Waals surface area contributed by atoms with Crippen LogP contribution in [0.1, 0.15) is 25.3 Å². The van der Waals surface area contributed by atoms with E-state index in [1.807, 2.05) is 18.2 Å². The molecule has 2 N–H and O–H groups in total. The summed E-state index contributed by atoms with van der Waals surface area (Å²) in [5.74, 6) is 0.919. The highest BCUT2D eigenvalue weighted by Crippen LogP contribution is 2.23. The van der Waals surface area contributed by atoms with E-state index >= 15 is 0 Å². The molecule has 0 aliphatic carbocycles. The van der Waals surface area contributed by atoms with Gasteiger partial charge in [0.25, 0.3) is 0 Å². The minimum absolute atomic E-state index is 0.587. The standard InChI is InChI=1S/C19H23N3O/c1-2-3-11-23-19-9-7-17(8-10-19)18-6-4-5-16(12-18)13-21-15-22-14-20/h4-10,12,14-15H,2-3,11,13H2,1H3,(H2,20,21,22). The van der Waals surface area contributed by atoms with Crippen LogP contribution in [0.15, 0.2) is 58.5 Å². The van der Waals surface area contributed by atoms with Crippen molar-refractivity contribution in [1.29, 1.82) is 0 Å². The van der Waals surface area contributed by atoms with Crippen LogP contribution in [-0.4, -0.2) is 19.3 Å². The van der Waals surface area contributed by atoms with E-state index in [4.69, 9.17) is 10.5 Å². The van der Waals surface area contributed by atoms with E-state index in [2.05, 4.69) is 47.2 Å². The molecule has 0 unspecified atom stereocenters. The van der Waals surface area contributed by atoms with E-state index in [9.17, 15) is 0 Å². The summed E-state index contributed by atoms with van der Waals surface area (Å²) in [4.78, 5) is 7.95. The highest BCUT2D eigenvalue weighted by atomic mass is 16.5. The minimum atomic E-state index is 0.587. The van der Waals surface area contributed by atoms with Gasteiger partial charge in [-0.05, 0) is 41.3 Å². The molecule has 0 aliphatic rings. The Morgan fingerprint density at radius 2 is 1.91 bits per heavy atom. The predicted octanol–water partition coefficient (Wildman–Crippen LogP) is 4.05. The monoisotopic (exact) mass is 309 g/mol. The van der Waals surface area contributed by atoms with Gasteiger partial charge in [-0.1, -0.05) is 43.7 Å². The van der Waals surface area contributed by atoms with E-state index in [1.165, 1.54) is 23.8 Å². The Morgan fingerprint density at radius 1 is 1.09 bits per heavy atom. The maximum Gasteiger partial charge on any atom is 0.119 e. The third-order valence-electron chi connectivity index (χ3n) is 3.39. The summed E-state index contributed by atoms with van der Waals surface area (Å²) in [6.45, 7) is 3.52. The summed E-state index contributed by atoms with van der Waals surface area (Å²) in [6, 6.07) is 16.5. The molecular weight excluding hydrogens is 286 g/mol. The predicted molar refractivity (Wildman–Crippen MR) is 97.2 cm³/mol. The van der Waals surface area contributed by atoms with Crippen LogP contribution in [0, 0.1) is 0 Å². The van der Waals surface area contributed by atoms with E-state index in [-0.39, 0.29) is 0 Å². The molecule has 0 saturated heterocycles. The van der Waals surface area contributed by atoms with Crippen molar-refractivity contribution >= 4 is 12.7 Å². The zero-order valence-corrected chi connectivity index (χ0v) is 13.5. The molecule has 0 aromatic heterocycles. The molecule has 23 heavy (non-hydrogen) atoms. The van der Waals surface area contributed by atoms with Crippen molar-refractivity contribution in [2.24, 2.45) is 15.7 Å². The summed E-state index contributed by atoms with van der Waals surface area (Å²) in [5.41, 5.74) is 8.63. The van der Waals surface area contributed by atoms with Crippen LogP contribution in [0.5, 0.6) is 5.75 Å². The van der Waals surface area contributed by atoms with Crippen LogP contribution in [0.4, 0.5) is 0 Å². The molecule has 0 saturated carbocycles. The molecule has 0 radical (unpaired) electrons. The number of nitrogens with zero attached hydrogens (tertiary/aromatic N) is 2. The van der Waals surface area contributed by atoms with E-state index < -0.39 is 0 Å². The topological polar surface area (TPSA) is 60.0 Å². The lowest BCUT2D eigenvalue weighted by atomic mass is 10.0. The highest BCUT2D eigenvalue weighted by molar-refractivity contribution is 5.69. The number of rotatable bonds is 8. The fraction of sp³-hybridized carbons (Fsp3) is 0.263. The molecule has 4 heteroatoms. The fourth-order valence-electron chi connectivity index (χ4n) is 2.16. The van der Waals surface area contributed by atoms with E-state index in [0.29, 0.717) is 6.54 Å². The number of hydrogen-bond acceptors (Lipinski definition) is 2. The van der Waals surface area contributed by atoms with Gasteiger partial charge in [-0.25, -0.2) is 4.99 Å². The number of aliphatic imine (C=N–C) groups is 2. The minimum Gasteiger partial charge on any atom is -0.494 e. The summed E-state index contributed by atoms with van der Waals surface area (Å²) in [7, 11) is 0. The zero-order chi connectivity index (χ0) is 16.3. The SMILES string of the molecule is CCCCOc1ccc(-c2cccc(CN=CN=CN)c2)cc1. The molecule has 0 heterocycles. The largest absolute Gasteiger partial charge is 0.494 e. The average Bonchev–Trinajstić information content (AvgIpc) is 2.60. The van der Waals surface area contributed by atoms with Gasteiger partial charge in [0.1, 0.15) is 12.1 Å². The quantitative estimate of drug-likeness (QED) is 0.454. The van der Waals surface area contributed by atoms with Gasteiger partial charge in [0.05, 0.1) is 19.5 Å². The molecule has 2 rings (SSSR count). The molecule has 0 atom stereocenters. The normalized spacial score (nSPS) is 11.3. The molecule has 2 aromatic rings. The lowest BCUT2D eigenvalue weighted by Crippen LogP contribution is -1.95. The first-order valence-corrected chi connectivity index (χ1v) is 7.87. The lowest BCUT2D eigenvalue weighted by Gasteiger charge is -2.07. The van der Waals surface area contributed by atoms with Gasteiger partial charge in [-0.15, -0.1) is 0 Å². The lowest BCUT2D eigenvalue weighted by molar-refractivity contribution is 0.309. The van der Waals surface area contributed by atoms with Crippen molar-refractivity contribution < 1.29 is 4.74 Å². The second-order valence-electron chi connectivity index (χ2n) is 5.18. The number of ether oxygens (including phenoxy) is 1. The van der Waals surface area contributed by atoms with Gasteiger partial charge in [-0.3, -0.25) is 4.99 Å². The first kappa shape index (κ1) is 16.7. The van der Waals surface area contributed by atoms with Crippen LogP contribution in [-0.2, 0) is 6.54 Å². The Hall–Kier alpha value is -2.62. The van der Waals surface area contributed by atoms with Crippen molar-refractivity contribution in [2.45, 2.75) is 26.3 Å². The van der Waals surface area contributed by atoms with E-state index in [0.717, 1.165) is 30.8 Å². The first-order chi connectivity index (χ1) is 11.3. The molecule has 2 aromatic carbocycles. The summed E-state index contributed by atoms with van der Waals surface area (Å²) in [5, 5.41) is 0. The number of unbranched alkanes of at least 4 members (excludes halogenated alkanes) is 1. The van der Waals surface area contributed by atoms with Crippen LogP contribution in [0.2, 0.25) is 0 Å². The second kappa shape index (κ2) is 9.41. The van der Waals surface area contributed by atoms with Crippen molar-refractivity contribution in [3.63, 3.8) is 0 Å². The Bertz CT molecular complexity index is 648. The Balaban J connectivity index is 2.03. The summed E-state index contributed by atoms with van der Waals surface area (Å²) in [6.07, 6.45) is 4.92. The van der Waals surface area contributed by atoms with Gasteiger partial charge in [0, 0.05) is 0 Å². The molecule has 0 aliphatic heterocycles. The Kier molecular flexibility index (Phi) is 6.85. The van der Waals surface area contributed by atoms with Crippen LogP contribution >= 0.6 is 0 Å². The number of nitrogens with two attached hydrogens (primary N) is 1. The van der Waals surface area contributed by atoms with Crippen LogP contribution in [0.3, 0.4) is 0 Å². The molecule has 0 amide bonds. The third kappa shape index (κ3) is 5.58. The number of benzene rings is 2. The third-order valence-corrected chi connectivity index (χ3v) is 3.39. The van der Waals surface area contributed by atoms with Crippen molar-refractivity contribution in [3.05, 3.63) is 54.1 Å². The van der Waals surface area contributed by atoms with Crippen LogP contribution < -0.4 is 10.5 Å². The molecule has 120 valence electrons. The van der Waals surface area contributed by atoms with Gasteiger partial charge >= 0.3 is 0 Å². The number of hydrogen-bond donors (Lipinski definition) is 1. The summed E-state index contributed by atoms with van der Waals surface area (Å²) >= 11 is 0. The average molecular weight is 309 g/mol. The highest BCUT2D eigenvalue weighted by Gasteiger charge is 2.00. The van der Waals surface area contributed by atoms with Crippen molar-refractivity contribution in [2.75, 3.05) is 6.61 Å².